The van der Waals surface area contributed by atoms with Crippen LogP contribution in [0, 0.1) is 0 Å². The van der Waals surface area contributed by atoms with E-state index in [1.54, 1.807) is 0 Å². The molecule has 0 bridgehead atoms. The van der Waals surface area contributed by atoms with Gasteiger partial charge in [0.25, 0.3) is 0 Å². The third-order valence-corrected chi connectivity index (χ3v) is 6.01. The molecule has 35 heavy (non-hydrogen) atoms. The molecular formula is C26H31NO8. The van der Waals surface area contributed by atoms with Crippen LogP contribution in [0.3, 0.4) is 0 Å². The van der Waals surface area contributed by atoms with E-state index in [-0.39, 0.29) is 12.5 Å². The predicted octanol–water partition coefficient (Wildman–Crippen LogP) is 2.45. The van der Waals surface area contributed by atoms with Gasteiger partial charge in [-0.1, -0.05) is 60.7 Å². The Morgan fingerprint density at radius 2 is 1.77 bits per heavy atom. The fourth-order valence-electron chi connectivity index (χ4n) is 4.27. The molecule has 9 nitrogen and oxygen atoms in total. The molecule has 2 aromatic carbocycles. The first-order valence-corrected chi connectivity index (χ1v) is 11.7. The van der Waals surface area contributed by atoms with E-state index in [1.807, 2.05) is 60.7 Å². The highest BCUT2D eigenvalue weighted by molar-refractivity contribution is 5.73. The van der Waals surface area contributed by atoms with Crippen molar-refractivity contribution in [2.75, 3.05) is 13.2 Å². The normalized spacial score (nSPS) is 29.1. The number of carboxylic acids is 1. The molecule has 0 radical (unpaired) electrons. The standard InChI is InChI=1S/C26H31NO8/c1-16(24(29)30)33-23-21(27-17(2)28)26(31-14-13-18-9-5-3-6-10-18)34-20-15-32-25(35-22(20)23)19-11-7-4-8-12-19/h3-12,16,20-23,25-26H,13-15H2,1-2H3,(H,27,28)(H,29,30)/t16-,20-,21-,22-,23+,25+,26+/m0/s1. The molecule has 0 unspecified atom stereocenters. The van der Waals surface area contributed by atoms with E-state index in [2.05, 4.69) is 5.32 Å². The molecule has 1 amide bonds. The number of hydrogen-bond donors (Lipinski definition) is 2. The maximum absolute atomic E-state index is 12.1. The van der Waals surface area contributed by atoms with Gasteiger partial charge >= 0.3 is 5.97 Å². The Hall–Kier alpha value is -2.82. The zero-order valence-electron chi connectivity index (χ0n) is 19.7. The number of amides is 1. The molecule has 9 heteroatoms. The van der Waals surface area contributed by atoms with Crippen LogP contribution >= 0.6 is 0 Å². The van der Waals surface area contributed by atoms with E-state index >= 15 is 0 Å². The SMILES string of the molecule is CC(=O)N[C@@H]1[C@H](OCCc2ccccc2)O[C@H]2CO[C@@H](c3ccccc3)O[C@@H]2[C@@H]1O[C@@H](C)C(=O)O. The number of fused-ring (bicyclic) bond motifs is 1. The number of carbonyl (C=O) groups excluding carboxylic acids is 1. The first kappa shape index (κ1) is 25.3. The van der Waals surface area contributed by atoms with Crippen LogP contribution in [0.15, 0.2) is 60.7 Å². The summed E-state index contributed by atoms with van der Waals surface area (Å²) in [6, 6.07) is 18.5. The van der Waals surface area contributed by atoms with Crippen LogP contribution in [0.4, 0.5) is 0 Å². The van der Waals surface area contributed by atoms with Gasteiger partial charge in [0.1, 0.15) is 24.4 Å². The molecule has 4 rings (SSSR count). The molecular weight excluding hydrogens is 454 g/mol. The highest BCUT2D eigenvalue weighted by Crippen LogP contribution is 2.36. The average Bonchev–Trinajstić information content (AvgIpc) is 2.86. The fourth-order valence-corrected chi connectivity index (χ4v) is 4.27. The Balaban J connectivity index is 1.55. The summed E-state index contributed by atoms with van der Waals surface area (Å²) < 4.78 is 30.3. The van der Waals surface area contributed by atoms with Gasteiger partial charge < -0.3 is 34.1 Å². The van der Waals surface area contributed by atoms with Gasteiger partial charge in [-0.2, -0.15) is 0 Å². The molecule has 2 aliphatic heterocycles. The first-order valence-electron chi connectivity index (χ1n) is 11.7. The van der Waals surface area contributed by atoms with Gasteiger partial charge in [-0.05, 0) is 18.9 Å². The van der Waals surface area contributed by atoms with Crippen molar-refractivity contribution in [1.29, 1.82) is 0 Å². The molecule has 7 atom stereocenters. The summed E-state index contributed by atoms with van der Waals surface area (Å²) in [6.45, 7) is 3.34. The lowest BCUT2D eigenvalue weighted by Crippen LogP contribution is -2.68. The van der Waals surface area contributed by atoms with E-state index in [0.717, 1.165) is 11.1 Å². The molecule has 0 aromatic heterocycles. The van der Waals surface area contributed by atoms with Gasteiger partial charge in [-0.25, -0.2) is 4.79 Å². The Kier molecular flexibility index (Phi) is 8.48. The molecule has 0 saturated carbocycles. The number of carbonyl (C=O) groups is 2. The molecule has 0 spiro atoms. The fraction of sp³-hybridized carbons (Fsp3) is 0.462. The van der Waals surface area contributed by atoms with Crippen molar-refractivity contribution in [3.63, 3.8) is 0 Å². The van der Waals surface area contributed by atoms with Gasteiger partial charge in [0.15, 0.2) is 18.7 Å². The van der Waals surface area contributed by atoms with Gasteiger partial charge in [0, 0.05) is 12.5 Å². The molecule has 188 valence electrons. The molecule has 2 heterocycles. The number of aliphatic carboxylic acids is 1. The van der Waals surface area contributed by atoms with Gasteiger partial charge in [0.2, 0.25) is 5.91 Å². The van der Waals surface area contributed by atoms with Crippen molar-refractivity contribution in [3.8, 4) is 0 Å². The lowest BCUT2D eigenvalue weighted by molar-refractivity contribution is -0.350. The molecule has 2 N–H and O–H groups in total. The maximum atomic E-state index is 12.1. The topological polar surface area (TPSA) is 113 Å². The summed E-state index contributed by atoms with van der Waals surface area (Å²) in [4.78, 5) is 23.7. The third kappa shape index (κ3) is 6.45. The second-order valence-corrected chi connectivity index (χ2v) is 8.63. The lowest BCUT2D eigenvalue weighted by atomic mass is 9.95. The van der Waals surface area contributed by atoms with Crippen molar-refractivity contribution in [2.45, 2.75) is 63.3 Å². The highest BCUT2D eigenvalue weighted by Gasteiger charge is 2.52. The molecule has 2 saturated heterocycles. The third-order valence-electron chi connectivity index (χ3n) is 6.01. The molecule has 2 aromatic rings. The number of benzene rings is 2. The van der Waals surface area contributed by atoms with Gasteiger partial charge in [-0.3, -0.25) is 4.79 Å². The zero-order chi connectivity index (χ0) is 24.8. The molecule has 2 aliphatic rings. The monoisotopic (exact) mass is 485 g/mol. The number of nitrogens with one attached hydrogen (secondary N) is 1. The summed E-state index contributed by atoms with van der Waals surface area (Å²) in [5.41, 5.74) is 1.91. The predicted molar refractivity (Wildman–Crippen MR) is 124 cm³/mol. The highest BCUT2D eigenvalue weighted by atomic mass is 16.8. The van der Waals surface area contributed by atoms with E-state index in [0.29, 0.717) is 13.0 Å². The number of ether oxygens (including phenoxy) is 5. The van der Waals surface area contributed by atoms with Crippen LogP contribution in [0.5, 0.6) is 0 Å². The summed E-state index contributed by atoms with van der Waals surface area (Å²) >= 11 is 0. The molecule has 2 fully saturated rings. The summed E-state index contributed by atoms with van der Waals surface area (Å²) in [5.74, 6) is -1.44. The van der Waals surface area contributed by atoms with Gasteiger partial charge in [-0.15, -0.1) is 0 Å². The van der Waals surface area contributed by atoms with Crippen LogP contribution < -0.4 is 5.32 Å². The van der Waals surface area contributed by atoms with E-state index < -0.39 is 49.0 Å². The van der Waals surface area contributed by atoms with Crippen LogP contribution in [0.1, 0.15) is 31.3 Å². The van der Waals surface area contributed by atoms with Crippen molar-refractivity contribution in [2.24, 2.45) is 0 Å². The van der Waals surface area contributed by atoms with E-state index in [1.165, 1.54) is 13.8 Å². The van der Waals surface area contributed by atoms with Crippen LogP contribution in [0.2, 0.25) is 0 Å². The second kappa shape index (κ2) is 11.7. The minimum atomic E-state index is -1.14. The Morgan fingerprint density at radius 1 is 1.09 bits per heavy atom. The Labute approximate surface area is 204 Å². The van der Waals surface area contributed by atoms with Crippen LogP contribution in [-0.2, 0) is 39.7 Å². The second-order valence-electron chi connectivity index (χ2n) is 8.63. The van der Waals surface area contributed by atoms with Crippen LogP contribution in [-0.4, -0.2) is 66.9 Å². The maximum Gasteiger partial charge on any atom is 0.332 e. The number of rotatable bonds is 9. The largest absolute Gasteiger partial charge is 0.479 e. The van der Waals surface area contributed by atoms with E-state index in [9.17, 15) is 14.7 Å². The summed E-state index contributed by atoms with van der Waals surface area (Å²) in [5, 5.41) is 12.3. The number of carboxylic acid groups (broad SMARTS) is 1. The van der Waals surface area contributed by atoms with Crippen molar-refractivity contribution in [3.05, 3.63) is 71.8 Å². The Morgan fingerprint density at radius 3 is 2.43 bits per heavy atom. The minimum Gasteiger partial charge on any atom is -0.479 e. The van der Waals surface area contributed by atoms with Crippen molar-refractivity contribution < 1.29 is 38.4 Å². The lowest BCUT2D eigenvalue weighted by Gasteiger charge is -2.49. The van der Waals surface area contributed by atoms with E-state index in [4.69, 9.17) is 23.7 Å². The quantitative estimate of drug-likeness (QED) is 0.557. The van der Waals surface area contributed by atoms with Gasteiger partial charge in [0.05, 0.1) is 13.2 Å². The van der Waals surface area contributed by atoms with Crippen molar-refractivity contribution >= 4 is 11.9 Å². The summed E-state index contributed by atoms with van der Waals surface area (Å²) in [6.07, 6.45) is -4.17. The average molecular weight is 486 g/mol. The van der Waals surface area contributed by atoms with Crippen molar-refractivity contribution in [1.82, 2.24) is 5.32 Å². The van der Waals surface area contributed by atoms with Crippen LogP contribution in [0.25, 0.3) is 0 Å². The summed E-state index contributed by atoms with van der Waals surface area (Å²) in [7, 11) is 0. The molecule has 0 aliphatic carbocycles. The number of hydrogen-bond acceptors (Lipinski definition) is 7. The smallest absolute Gasteiger partial charge is 0.332 e. The minimum absolute atomic E-state index is 0.191. The first-order chi connectivity index (χ1) is 16.9. The Bertz CT molecular complexity index is 972. The zero-order valence-corrected chi connectivity index (χ0v) is 19.7.